The minimum absolute atomic E-state index is 0.0310. The van der Waals surface area contributed by atoms with Crippen molar-refractivity contribution in [3.05, 3.63) is 58.6 Å². The highest BCUT2D eigenvalue weighted by atomic mass is 35.5. The number of benzene rings is 2. The summed E-state index contributed by atoms with van der Waals surface area (Å²) in [5, 5.41) is 6.62. The van der Waals surface area contributed by atoms with E-state index in [2.05, 4.69) is 10.6 Å². The summed E-state index contributed by atoms with van der Waals surface area (Å²) in [6.07, 6.45) is 2.38. The lowest BCUT2D eigenvalue weighted by Crippen LogP contribution is -2.35. The van der Waals surface area contributed by atoms with E-state index in [1.807, 2.05) is 49.4 Å². The van der Waals surface area contributed by atoms with Gasteiger partial charge in [-0.25, -0.2) is 0 Å². The molecule has 0 aromatic heterocycles. The molecule has 6 heteroatoms. The summed E-state index contributed by atoms with van der Waals surface area (Å²) in [5.74, 6) is 0.523. The highest BCUT2D eigenvalue weighted by Gasteiger charge is 2.50. The van der Waals surface area contributed by atoms with Gasteiger partial charge < -0.3 is 15.4 Å². The van der Waals surface area contributed by atoms with Crippen molar-refractivity contribution in [2.75, 3.05) is 11.9 Å². The average molecular weight is 385 g/mol. The molecule has 1 heterocycles. The number of rotatable bonds is 5. The van der Waals surface area contributed by atoms with Crippen molar-refractivity contribution in [3.8, 4) is 5.75 Å². The number of amides is 2. The van der Waals surface area contributed by atoms with Crippen LogP contribution < -0.4 is 15.4 Å². The van der Waals surface area contributed by atoms with Crippen LogP contribution in [-0.4, -0.2) is 18.4 Å². The van der Waals surface area contributed by atoms with Gasteiger partial charge in [-0.3, -0.25) is 9.59 Å². The van der Waals surface area contributed by atoms with Crippen LogP contribution in [0, 0.1) is 5.41 Å². The average Bonchev–Trinajstić information content (AvgIpc) is 3.44. The first-order valence-corrected chi connectivity index (χ1v) is 9.46. The van der Waals surface area contributed by atoms with E-state index in [0.717, 1.165) is 24.0 Å². The quantitative estimate of drug-likeness (QED) is 0.822. The number of hydrogen-bond acceptors (Lipinski definition) is 3. The SMILES string of the molecule is CC(NC(=O)C1(Cc2ccccc2Cl)CC1)c1ccc2c(c1)NC(=O)CO2. The predicted molar refractivity (Wildman–Crippen MR) is 104 cm³/mol. The van der Waals surface area contributed by atoms with Crippen LogP contribution in [0.4, 0.5) is 5.69 Å². The first-order chi connectivity index (χ1) is 13.0. The van der Waals surface area contributed by atoms with E-state index in [9.17, 15) is 9.59 Å². The Morgan fingerprint density at radius 2 is 2.07 bits per heavy atom. The molecule has 1 fully saturated rings. The maximum absolute atomic E-state index is 12.9. The zero-order valence-corrected chi connectivity index (χ0v) is 15.8. The van der Waals surface area contributed by atoms with Gasteiger partial charge in [-0.05, 0) is 55.5 Å². The summed E-state index contributed by atoms with van der Waals surface area (Å²) in [4.78, 5) is 24.4. The highest BCUT2D eigenvalue weighted by Crippen LogP contribution is 2.49. The van der Waals surface area contributed by atoms with Gasteiger partial charge in [-0.2, -0.15) is 0 Å². The van der Waals surface area contributed by atoms with E-state index in [1.54, 1.807) is 0 Å². The van der Waals surface area contributed by atoms with Gasteiger partial charge in [0.25, 0.3) is 5.91 Å². The molecule has 5 nitrogen and oxygen atoms in total. The molecular weight excluding hydrogens is 364 g/mol. The highest BCUT2D eigenvalue weighted by molar-refractivity contribution is 6.31. The fraction of sp³-hybridized carbons (Fsp3) is 0.333. The topological polar surface area (TPSA) is 67.4 Å². The van der Waals surface area contributed by atoms with Crippen molar-refractivity contribution in [3.63, 3.8) is 0 Å². The van der Waals surface area contributed by atoms with Gasteiger partial charge in [0, 0.05) is 5.02 Å². The molecule has 1 saturated carbocycles. The molecule has 1 aliphatic heterocycles. The van der Waals surface area contributed by atoms with Crippen molar-refractivity contribution in [2.24, 2.45) is 5.41 Å². The molecule has 0 spiro atoms. The molecule has 0 saturated heterocycles. The molecule has 2 aromatic rings. The van der Waals surface area contributed by atoms with Gasteiger partial charge >= 0.3 is 0 Å². The standard InChI is InChI=1S/C21H21ClN2O3/c1-13(14-6-7-18-17(10-14)24-19(25)12-27-18)23-20(26)21(8-9-21)11-15-4-2-3-5-16(15)22/h2-7,10,13H,8-9,11-12H2,1H3,(H,23,26)(H,24,25). The van der Waals surface area contributed by atoms with E-state index in [4.69, 9.17) is 16.3 Å². The van der Waals surface area contributed by atoms with Gasteiger partial charge in [0.15, 0.2) is 6.61 Å². The van der Waals surface area contributed by atoms with Crippen molar-refractivity contribution < 1.29 is 14.3 Å². The van der Waals surface area contributed by atoms with Gasteiger partial charge in [-0.15, -0.1) is 0 Å². The zero-order valence-electron chi connectivity index (χ0n) is 15.0. The summed E-state index contributed by atoms with van der Waals surface area (Å²) < 4.78 is 5.38. The molecule has 140 valence electrons. The Morgan fingerprint density at radius 1 is 1.30 bits per heavy atom. The Bertz CT molecular complexity index is 908. The van der Waals surface area contributed by atoms with Crippen LogP contribution in [0.3, 0.4) is 0 Å². The van der Waals surface area contributed by atoms with Gasteiger partial charge in [0.1, 0.15) is 5.75 Å². The van der Waals surface area contributed by atoms with E-state index in [-0.39, 0.29) is 29.9 Å². The van der Waals surface area contributed by atoms with E-state index < -0.39 is 0 Å². The normalized spacial score (nSPS) is 17.9. The second kappa shape index (κ2) is 6.89. The lowest BCUT2D eigenvalue weighted by molar-refractivity contribution is -0.127. The van der Waals surface area contributed by atoms with Crippen molar-refractivity contribution in [1.29, 1.82) is 0 Å². The molecule has 0 radical (unpaired) electrons. The number of halogens is 1. The minimum atomic E-state index is -0.370. The van der Waals surface area contributed by atoms with Crippen LogP contribution in [0.5, 0.6) is 5.75 Å². The smallest absolute Gasteiger partial charge is 0.262 e. The number of nitrogens with one attached hydrogen (secondary N) is 2. The summed E-state index contributed by atoms with van der Waals surface area (Å²) in [7, 11) is 0. The fourth-order valence-corrected chi connectivity index (χ4v) is 3.65. The lowest BCUT2D eigenvalue weighted by Gasteiger charge is -2.23. The second-order valence-electron chi connectivity index (χ2n) is 7.34. The van der Waals surface area contributed by atoms with Crippen LogP contribution in [0.25, 0.3) is 0 Å². The Hall–Kier alpha value is -2.53. The Morgan fingerprint density at radius 3 is 2.81 bits per heavy atom. The van der Waals surface area contributed by atoms with Gasteiger partial charge in [0.2, 0.25) is 5.91 Å². The monoisotopic (exact) mass is 384 g/mol. The van der Waals surface area contributed by atoms with E-state index >= 15 is 0 Å². The molecule has 2 N–H and O–H groups in total. The van der Waals surface area contributed by atoms with Crippen LogP contribution in [-0.2, 0) is 16.0 Å². The fourth-order valence-electron chi connectivity index (χ4n) is 3.44. The largest absolute Gasteiger partial charge is 0.482 e. The van der Waals surface area contributed by atoms with Crippen LogP contribution in [0.1, 0.15) is 36.9 Å². The number of anilines is 1. The third kappa shape index (κ3) is 3.65. The Kier molecular flexibility index (Phi) is 4.56. The molecule has 27 heavy (non-hydrogen) atoms. The minimum Gasteiger partial charge on any atom is -0.482 e. The Labute approximate surface area is 163 Å². The molecule has 4 rings (SSSR count). The molecule has 1 unspecified atom stereocenters. The maximum Gasteiger partial charge on any atom is 0.262 e. The first kappa shape index (κ1) is 17.9. The van der Waals surface area contributed by atoms with Gasteiger partial charge in [-0.1, -0.05) is 35.9 Å². The van der Waals surface area contributed by atoms with Crippen molar-refractivity contribution >= 4 is 29.1 Å². The third-order valence-corrected chi connectivity index (χ3v) is 5.67. The molecule has 1 atom stereocenters. The molecule has 2 aromatic carbocycles. The third-order valence-electron chi connectivity index (χ3n) is 5.31. The maximum atomic E-state index is 12.9. The van der Waals surface area contributed by atoms with Gasteiger partial charge in [0.05, 0.1) is 17.1 Å². The van der Waals surface area contributed by atoms with E-state index in [1.165, 1.54) is 0 Å². The molecular formula is C21H21ClN2O3. The number of carbonyl (C=O) groups excluding carboxylic acids is 2. The molecule has 2 amide bonds. The van der Waals surface area contributed by atoms with Crippen LogP contribution in [0.2, 0.25) is 5.02 Å². The summed E-state index contributed by atoms with van der Waals surface area (Å²) in [6, 6.07) is 13.1. The van der Waals surface area contributed by atoms with Crippen LogP contribution >= 0.6 is 11.6 Å². The molecule has 0 bridgehead atoms. The summed E-state index contributed by atoms with van der Waals surface area (Å²) in [5.41, 5.74) is 2.20. The van der Waals surface area contributed by atoms with E-state index in [0.29, 0.717) is 22.9 Å². The van der Waals surface area contributed by atoms with Crippen molar-refractivity contribution in [2.45, 2.75) is 32.2 Å². The Balaban J connectivity index is 1.46. The number of carbonyl (C=O) groups is 2. The first-order valence-electron chi connectivity index (χ1n) is 9.08. The lowest BCUT2D eigenvalue weighted by atomic mass is 9.94. The second-order valence-corrected chi connectivity index (χ2v) is 7.74. The predicted octanol–water partition coefficient (Wildman–Crippen LogP) is 3.87. The molecule has 2 aliphatic rings. The molecule has 1 aliphatic carbocycles. The number of ether oxygens (including phenoxy) is 1. The van der Waals surface area contributed by atoms with Crippen LogP contribution in [0.15, 0.2) is 42.5 Å². The van der Waals surface area contributed by atoms with Crippen molar-refractivity contribution in [1.82, 2.24) is 5.32 Å². The summed E-state index contributed by atoms with van der Waals surface area (Å²) >= 11 is 6.27. The zero-order chi connectivity index (χ0) is 19.0. The number of hydrogen-bond donors (Lipinski definition) is 2. The number of fused-ring (bicyclic) bond motifs is 1. The summed E-state index contributed by atoms with van der Waals surface area (Å²) in [6.45, 7) is 1.97.